The minimum Gasteiger partial charge on any atom is -0.368 e. The van der Waals surface area contributed by atoms with Crippen LogP contribution in [0.1, 0.15) is 22.7 Å². The third-order valence-corrected chi connectivity index (χ3v) is 7.82. The van der Waals surface area contributed by atoms with E-state index in [1.165, 1.54) is 24.3 Å². The van der Waals surface area contributed by atoms with Gasteiger partial charge in [0.2, 0.25) is 15.9 Å². The first-order chi connectivity index (χ1) is 17.3. The molecule has 0 aliphatic rings. The number of hydrogen-bond acceptors (Lipinski definition) is 4. The molecule has 0 aliphatic carbocycles. The Morgan fingerprint density at radius 1 is 0.889 bits per heavy atom. The molecule has 0 fully saturated rings. The lowest BCUT2D eigenvalue weighted by atomic mass is 9.99. The summed E-state index contributed by atoms with van der Waals surface area (Å²) >= 11 is 5.96. The van der Waals surface area contributed by atoms with Gasteiger partial charge in [-0.3, -0.25) is 4.79 Å². The van der Waals surface area contributed by atoms with Crippen molar-refractivity contribution in [2.75, 3.05) is 0 Å². The van der Waals surface area contributed by atoms with Gasteiger partial charge in [-0.05, 0) is 52.6 Å². The standard InChI is InChI=1S/C28H22ClN3O3S/c29-24-14-16-25(17-15-24)36(34,35)32(27(28(31)33)22-6-2-1-3-7-22)19-20-10-12-21(13-11-20)26-9-5-4-8-23(26)18-30/h1-17,27H,19H2,(H2,31,33). The summed E-state index contributed by atoms with van der Waals surface area (Å²) in [4.78, 5) is 12.6. The zero-order chi connectivity index (χ0) is 25.7. The molecule has 1 amide bonds. The number of hydrogen-bond donors (Lipinski definition) is 1. The molecule has 4 aromatic carbocycles. The molecule has 2 N–H and O–H groups in total. The van der Waals surface area contributed by atoms with Crippen LogP contribution < -0.4 is 5.73 Å². The third kappa shape index (κ3) is 5.31. The molecule has 0 bridgehead atoms. The predicted octanol–water partition coefficient (Wildman–Crippen LogP) is 5.30. The average molecular weight is 516 g/mol. The van der Waals surface area contributed by atoms with Gasteiger partial charge < -0.3 is 5.73 Å². The summed E-state index contributed by atoms with van der Waals surface area (Å²) in [7, 11) is -4.15. The molecule has 4 aromatic rings. The molecule has 6 nitrogen and oxygen atoms in total. The van der Waals surface area contributed by atoms with E-state index >= 15 is 0 Å². The summed E-state index contributed by atoms with van der Waals surface area (Å²) in [5.41, 5.74) is 8.99. The van der Waals surface area contributed by atoms with E-state index < -0.39 is 22.0 Å². The van der Waals surface area contributed by atoms with E-state index in [0.717, 1.165) is 15.4 Å². The second-order valence-corrected chi connectivity index (χ2v) is 10.4. The topological polar surface area (TPSA) is 104 Å². The highest BCUT2D eigenvalue weighted by atomic mass is 35.5. The maximum absolute atomic E-state index is 13.8. The van der Waals surface area contributed by atoms with Crippen LogP contribution in [0.25, 0.3) is 11.1 Å². The maximum atomic E-state index is 13.8. The zero-order valence-electron chi connectivity index (χ0n) is 19.1. The fourth-order valence-electron chi connectivity index (χ4n) is 3.97. The van der Waals surface area contributed by atoms with Crippen LogP contribution in [0.15, 0.2) is 108 Å². The quantitative estimate of drug-likeness (QED) is 0.344. The Bertz CT molecular complexity index is 1520. The van der Waals surface area contributed by atoms with Crippen LogP contribution in [-0.4, -0.2) is 18.6 Å². The van der Waals surface area contributed by atoms with Crippen LogP contribution in [0, 0.1) is 11.3 Å². The molecule has 8 heteroatoms. The van der Waals surface area contributed by atoms with Crippen LogP contribution >= 0.6 is 11.6 Å². The first-order valence-corrected chi connectivity index (χ1v) is 12.8. The minimum atomic E-state index is -4.15. The van der Waals surface area contributed by atoms with Crippen molar-refractivity contribution in [1.82, 2.24) is 4.31 Å². The lowest BCUT2D eigenvalue weighted by Gasteiger charge is -2.29. The normalized spacial score (nSPS) is 12.1. The van der Waals surface area contributed by atoms with Gasteiger partial charge in [0.1, 0.15) is 6.04 Å². The van der Waals surface area contributed by atoms with Gasteiger partial charge in [0.25, 0.3) is 0 Å². The number of carbonyl (C=O) groups excluding carboxylic acids is 1. The van der Waals surface area contributed by atoms with Gasteiger partial charge >= 0.3 is 0 Å². The summed E-state index contributed by atoms with van der Waals surface area (Å²) < 4.78 is 28.7. The molecular weight excluding hydrogens is 494 g/mol. The predicted molar refractivity (Wildman–Crippen MR) is 139 cm³/mol. The third-order valence-electron chi connectivity index (χ3n) is 5.74. The Balaban J connectivity index is 1.77. The number of halogens is 1. The Morgan fingerprint density at radius 3 is 2.11 bits per heavy atom. The molecule has 1 unspecified atom stereocenters. The van der Waals surface area contributed by atoms with Crippen LogP contribution in [0.5, 0.6) is 0 Å². The molecular formula is C28H22ClN3O3S. The van der Waals surface area contributed by atoms with Crippen molar-refractivity contribution in [1.29, 1.82) is 5.26 Å². The van der Waals surface area contributed by atoms with Crippen molar-refractivity contribution in [3.63, 3.8) is 0 Å². The molecule has 0 heterocycles. The van der Waals surface area contributed by atoms with Crippen molar-refractivity contribution < 1.29 is 13.2 Å². The minimum absolute atomic E-state index is 0.00588. The van der Waals surface area contributed by atoms with Crippen LogP contribution in [0.3, 0.4) is 0 Å². The first-order valence-electron chi connectivity index (χ1n) is 11.0. The van der Waals surface area contributed by atoms with Gasteiger partial charge in [0.15, 0.2) is 0 Å². The number of nitrogens with two attached hydrogens (primary N) is 1. The highest BCUT2D eigenvalue weighted by Gasteiger charge is 2.36. The fourth-order valence-corrected chi connectivity index (χ4v) is 5.67. The van der Waals surface area contributed by atoms with Crippen molar-refractivity contribution in [2.24, 2.45) is 5.73 Å². The molecule has 0 radical (unpaired) electrons. The monoisotopic (exact) mass is 515 g/mol. The number of amides is 1. The van der Waals surface area contributed by atoms with Crippen molar-refractivity contribution in [3.05, 3.63) is 125 Å². The SMILES string of the molecule is N#Cc1ccccc1-c1ccc(CN(C(C(N)=O)c2ccccc2)S(=O)(=O)c2ccc(Cl)cc2)cc1. The number of sulfonamides is 1. The molecule has 180 valence electrons. The van der Waals surface area contributed by atoms with Gasteiger partial charge in [-0.1, -0.05) is 84.4 Å². The number of nitriles is 1. The summed E-state index contributed by atoms with van der Waals surface area (Å²) in [5, 5.41) is 9.81. The van der Waals surface area contributed by atoms with Gasteiger partial charge in [-0.25, -0.2) is 8.42 Å². The fraction of sp³-hybridized carbons (Fsp3) is 0.0714. The Kier molecular flexibility index (Phi) is 7.51. The number of nitrogens with zero attached hydrogens (tertiary/aromatic N) is 2. The van der Waals surface area contributed by atoms with E-state index in [-0.39, 0.29) is 11.4 Å². The van der Waals surface area contributed by atoms with Crippen LogP contribution in [0.4, 0.5) is 0 Å². The van der Waals surface area contributed by atoms with E-state index in [1.807, 2.05) is 24.3 Å². The van der Waals surface area contributed by atoms with Crippen molar-refractivity contribution >= 4 is 27.5 Å². The lowest BCUT2D eigenvalue weighted by molar-refractivity contribution is -0.122. The molecule has 0 saturated carbocycles. The maximum Gasteiger partial charge on any atom is 0.244 e. The number of benzene rings is 4. The Morgan fingerprint density at radius 2 is 1.50 bits per heavy atom. The number of rotatable bonds is 8. The second-order valence-electron chi connectivity index (χ2n) is 8.07. The molecule has 0 aliphatic heterocycles. The Hall–Kier alpha value is -3.96. The summed E-state index contributed by atoms with van der Waals surface area (Å²) in [6.07, 6.45) is 0. The van der Waals surface area contributed by atoms with E-state index in [1.54, 1.807) is 54.6 Å². The average Bonchev–Trinajstić information content (AvgIpc) is 2.89. The van der Waals surface area contributed by atoms with Crippen LogP contribution in [-0.2, 0) is 21.4 Å². The molecule has 36 heavy (non-hydrogen) atoms. The van der Waals surface area contributed by atoms with Crippen molar-refractivity contribution in [2.45, 2.75) is 17.5 Å². The zero-order valence-corrected chi connectivity index (χ0v) is 20.7. The molecule has 0 spiro atoms. The largest absolute Gasteiger partial charge is 0.368 e. The lowest BCUT2D eigenvalue weighted by Crippen LogP contribution is -2.41. The van der Waals surface area contributed by atoms with Gasteiger partial charge in [0.05, 0.1) is 16.5 Å². The number of carbonyl (C=O) groups is 1. The van der Waals surface area contributed by atoms with Gasteiger partial charge in [-0.2, -0.15) is 9.57 Å². The second kappa shape index (κ2) is 10.8. The van der Waals surface area contributed by atoms with Gasteiger partial charge in [-0.15, -0.1) is 0 Å². The highest BCUT2D eigenvalue weighted by molar-refractivity contribution is 7.89. The smallest absolute Gasteiger partial charge is 0.244 e. The molecule has 0 saturated heterocycles. The molecule has 0 aromatic heterocycles. The summed E-state index contributed by atoms with van der Waals surface area (Å²) in [6, 6.07) is 29.7. The first kappa shape index (κ1) is 25.1. The highest BCUT2D eigenvalue weighted by Crippen LogP contribution is 2.31. The van der Waals surface area contributed by atoms with Crippen LogP contribution in [0.2, 0.25) is 5.02 Å². The molecule has 1 atom stereocenters. The summed E-state index contributed by atoms with van der Waals surface area (Å²) in [5.74, 6) is -0.793. The van der Waals surface area contributed by atoms with E-state index in [0.29, 0.717) is 21.7 Å². The summed E-state index contributed by atoms with van der Waals surface area (Å²) in [6.45, 7) is -0.104. The number of primary amides is 1. The van der Waals surface area contributed by atoms with Gasteiger partial charge in [0, 0.05) is 11.6 Å². The molecule has 4 rings (SSSR count). The van der Waals surface area contributed by atoms with E-state index in [2.05, 4.69) is 6.07 Å². The van der Waals surface area contributed by atoms with E-state index in [4.69, 9.17) is 17.3 Å². The van der Waals surface area contributed by atoms with E-state index in [9.17, 15) is 18.5 Å². The van der Waals surface area contributed by atoms with Crippen molar-refractivity contribution in [3.8, 4) is 17.2 Å². The Labute approximate surface area is 215 Å².